The molecule has 2 aromatic carbocycles. The van der Waals surface area contributed by atoms with Crippen LogP contribution in [0.5, 0.6) is 0 Å². The molecule has 2 aliphatic rings. The van der Waals surface area contributed by atoms with E-state index in [0.717, 1.165) is 28.7 Å². The van der Waals surface area contributed by atoms with E-state index in [0.29, 0.717) is 38.3 Å². The summed E-state index contributed by atoms with van der Waals surface area (Å²) in [5, 5.41) is 4.56. The van der Waals surface area contributed by atoms with Crippen LogP contribution in [-0.2, 0) is 30.7 Å². The molecule has 0 radical (unpaired) electrons. The molecule has 1 unspecified atom stereocenters. The molecule has 3 heterocycles. The first-order valence-electron chi connectivity index (χ1n) is 11.4. The monoisotopic (exact) mass is 444 g/mol. The minimum atomic E-state index is -0.596. The van der Waals surface area contributed by atoms with Gasteiger partial charge in [-0.25, -0.2) is 4.68 Å². The first-order chi connectivity index (χ1) is 15.8. The molecular formula is C26H28N4O3. The standard InChI is InChI=1S/C26H28N4O3/c1-18-7-9-20(10-8-18)15-30-25(33)24(32)29-17-26(14-22(29)27-30)11-12-28(16-26)23(31)13-21-6-4-3-5-19(21)2/h3-10H,11-17H2,1-2H3. The molecule has 0 saturated carbocycles. The van der Waals surface area contributed by atoms with Crippen molar-refractivity contribution in [3.63, 3.8) is 0 Å². The second-order valence-corrected chi connectivity index (χ2v) is 9.60. The Morgan fingerprint density at radius 3 is 2.52 bits per heavy atom. The van der Waals surface area contributed by atoms with Crippen molar-refractivity contribution in [1.82, 2.24) is 19.2 Å². The zero-order chi connectivity index (χ0) is 23.2. The molecule has 1 fully saturated rings. The SMILES string of the molecule is Cc1ccc(Cn2nc3n(c(=O)c2=O)CC2(CCN(C(=O)Cc4ccccc4C)C2)C3)cc1. The lowest BCUT2D eigenvalue weighted by Gasteiger charge is -2.23. The van der Waals surface area contributed by atoms with Gasteiger partial charge in [-0.1, -0.05) is 54.1 Å². The number of aromatic nitrogens is 3. The number of amides is 1. The Kier molecular flexibility index (Phi) is 5.27. The number of nitrogens with zero attached hydrogens (tertiary/aromatic N) is 4. The maximum atomic E-state index is 13.0. The highest BCUT2D eigenvalue weighted by atomic mass is 16.2. The van der Waals surface area contributed by atoms with Crippen molar-refractivity contribution in [2.24, 2.45) is 5.41 Å². The number of benzene rings is 2. The van der Waals surface area contributed by atoms with E-state index in [9.17, 15) is 14.4 Å². The van der Waals surface area contributed by atoms with Crippen LogP contribution in [0.1, 0.15) is 34.5 Å². The van der Waals surface area contributed by atoms with Gasteiger partial charge >= 0.3 is 11.1 Å². The summed E-state index contributed by atoms with van der Waals surface area (Å²) in [7, 11) is 0. The van der Waals surface area contributed by atoms with Crippen molar-refractivity contribution in [1.29, 1.82) is 0 Å². The summed E-state index contributed by atoms with van der Waals surface area (Å²) >= 11 is 0. The quantitative estimate of drug-likeness (QED) is 0.578. The Bertz CT molecular complexity index is 1340. The van der Waals surface area contributed by atoms with Gasteiger partial charge in [0.15, 0.2) is 0 Å². The molecule has 1 saturated heterocycles. The smallest absolute Gasteiger partial charge is 0.332 e. The summed E-state index contributed by atoms with van der Waals surface area (Å²) in [5.74, 6) is 0.747. The third-order valence-corrected chi connectivity index (χ3v) is 7.08. The van der Waals surface area contributed by atoms with Gasteiger partial charge in [0.05, 0.1) is 13.0 Å². The van der Waals surface area contributed by atoms with Crippen molar-refractivity contribution in [3.05, 3.63) is 97.3 Å². The summed E-state index contributed by atoms with van der Waals surface area (Å²) in [5.41, 5.74) is 2.89. The molecule has 0 N–H and O–H groups in total. The predicted molar refractivity (Wildman–Crippen MR) is 125 cm³/mol. The molecule has 0 bridgehead atoms. The van der Waals surface area contributed by atoms with E-state index in [-0.39, 0.29) is 17.9 Å². The first-order valence-corrected chi connectivity index (χ1v) is 11.4. The Hall–Kier alpha value is -3.48. The van der Waals surface area contributed by atoms with Crippen molar-refractivity contribution in [2.75, 3.05) is 13.1 Å². The van der Waals surface area contributed by atoms with Gasteiger partial charge in [-0.05, 0) is 37.0 Å². The van der Waals surface area contributed by atoms with E-state index < -0.39 is 11.1 Å². The van der Waals surface area contributed by atoms with Crippen LogP contribution < -0.4 is 11.1 Å². The van der Waals surface area contributed by atoms with Crippen LogP contribution in [0.3, 0.4) is 0 Å². The second-order valence-electron chi connectivity index (χ2n) is 9.60. The summed E-state index contributed by atoms with van der Waals surface area (Å²) in [6.45, 7) is 6.01. The van der Waals surface area contributed by atoms with Gasteiger partial charge in [0, 0.05) is 31.5 Å². The second kappa shape index (κ2) is 8.14. The lowest BCUT2D eigenvalue weighted by Crippen LogP contribution is -2.43. The minimum absolute atomic E-state index is 0.108. The van der Waals surface area contributed by atoms with Crippen LogP contribution >= 0.6 is 0 Å². The number of carbonyl (C=O) groups excluding carboxylic acids is 1. The van der Waals surface area contributed by atoms with Gasteiger partial charge in [0.25, 0.3) is 0 Å². The van der Waals surface area contributed by atoms with E-state index in [4.69, 9.17) is 0 Å². The molecule has 2 aliphatic heterocycles. The molecule has 0 aliphatic carbocycles. The number of hydrogen-bond donors (Lipinski definition) is 0. The average molecular weight is 445 g/mol. The van der Waals surface area contributed by atoms with Crippen molar-refractivity contribution in [2.45, 2.75) is 46.2 Å². The van der Waals surface area contributed by atoms with Gasteiger partial charge in [0.2, 0.25) is 5.91 Å². The number of rotatable bonds is 4. The maximum Gasteiger partial charge on any atom is 0.332 e. The molecular weight excluding hydrogens is 416 g/mol. The van der Waals surface area contributed by atoms with Gasteiger partial charge in [-0.3, -0.25) is 19.0 Å². The fourth-order valence-corrected chi connectivity index (χ4v) is 5.08. The lowest BCUT2D eigenvalue weighted by atomic mass is 9.86. The largest absolute Gasteiger partial charge is 0.342 e. The molecule has 33 heavy (non-hydrogen) atoms. The zero-order valence-electron chi connectivity index (χ0n) is 19.1. The lowest BCUT2D eigenvalue weighted by molar-refractivity contribution is -0.129. The average Bonchev–Trinajstić information content (AvgIpc) is 3.38. The first kappa shape index (κ1) is 21.4. The summed E-state index contributed by atoms with van der Waals surface area (Å²) in [6.07, 6.45) is 1.79. The molecule has 1 amide bonds. The van der Waals surface area contributed by atoms with Crippen LogP contribution in [0.4, 0.5) is 0 Å². The highest BCUT2D eigenvalue weighted by molar-refractivity contribution is 5.79. The zero-order valence-corrected chi connectivity index (χ0v) is 19.1. The van der Waals surface area contributed by atoms with E-state index >= 15 is 0 Å². The normalized spacial score (nSPS) is 19.3. The van der Waals surface area contributed by atoms with Gasteiger partial charge in [-0.2, -0.15) is 5.10 Å². The van der Waals surface area contributed by atoms with E-state index in [1.807, 2.05) is 67.3 Å². The van der Waals surface area contributed by atoms with Crippen molar-refractivity contribution in [3.8, 4) is 0 Å². The maximum absolute atomic E-state index is 13.0. The van der Waals surface area contributed by atoms with Crippen LogP contribution in [-0.4, -0.2) is 38.2 Å². The van der Waals surface area contributed by atoms with Crippen molar-refractivity contribution < 1.29 is 4.79 Å². The molecule has 7 nitrogen and oxygen atoms in total. The number of aryl methyl sites for hydroxylation is 2. The Balaban J connectivity index is 1.34. The highest BCUT2D eigenvalue weighted by Crippen LogP contribution is 2.39. The summed E-state index contributed by atoms with van der Waals surface area (Å²) in [6, 6.07) is 15.8. The third kappa shape index (κ3) is 4.03. The van der Waals surface area contributed by atoms with Crippen molar-refractivity contribution >= 4 is 5.91 Å². The van der Waals surface area contributed by atoms with E-state index in [1.54, 1.807) is 0 Å². The molecule has 3 aromatic rings. The minimum Gasteiger partial charge on any atom is -0.342 e. The van der Waals surface area contributed by atoms with Crippen LogP contribution in [0.15, 0.2) is 58.1 Å². The van der Waals surface area contributed by atoms with Crippen LogP contribution in [0.25, 0.3) is 0 Å². The van der Waals surface area contributed by atoms with Crippen LogP contribution in [0.2, 0.25) is 0 Å². The number of fused-ring (bicyclic) bond motifs is 1. The molecule has 7 heteroatoms. The number of hydrogen-bond acceptors (Lipinski definition) is 4. The molecule has 1 atom stereocenters. The fraction of sp³-hybridized carbons (Fsp3) is 0.385. The molecule has 1 spiro atoms. The van der Waals surface area contributed by atoms with E-state index in [2.05, 4.69) is 5.10 Å². The molecule has 170 valence electrons. The number of likely N-dealkylation sites (tertiary alicyclic amines) is 1. The fourth-order valence-electron chi connectivity index (χ4n) is 5.08. The Labute approximate surface area is 192 Å². The van der Waals surface area contributed by atoms with Crippen LogP contribution in [0, 0.1) is 19.3 Å². The Morgan fingerprint density at radius 2 is 1.76 bits per heavy atom. The van der Waals surface area contributed by atoms with Gasteiger partial charge < -0.3 is 4.90 Å². The van der Waals surface area contributed by atoms with E-state index in [1.165, 1.54) is 9.25 Å². The third-order valence-electron chi connectivity index (χ3n) is 7.08. The highest BCUT2D eigenvalue weighted by Gasteiger charge is 2.45. The predicted octanol–water partition coefficient (Wildman–Crippen LogP) is 2.09. The number of carbonyl (C=O) groups is 1. The molecule has 5 rings (SSSR count). The summed E-state index contributed by atoms with van der Waals surface area (Å²) in [4.78, 5) is 40.5. The Morgan fingerprint density at radius 1 is 1.00 bits per heavy atom. The van der Waals surface area contributed by atoms with Gasteiger partial charge in [0.1, 0.15) is 5.82 Å². The van der Waals surface area contributed by atoms with Gasteiger partial charge in [-0.15, -0.1) is 0 Å². The summed E-state index contributed by atoms with van der Waals surface area (Å²) < 4.78 is 2.82. The molecule has 1 aromatic heterocycles. The topological polar surface area (TPSA) is 77.2 Å².